The van der Waals surface area contributed by atoms with Crippen molar-refractivity contribution < 1.29 is 4.39 Å². The molecule has 3 aromatic rings. The van der Waals surface area contributed by atoms with E-state index in [0.29, 0.717) is 17.1 Å². The lowest BCUT2D eigenvalue weighted by atomic mass is 10.2. The summed E-state index contributed by atoms with van der Waals surface area (Å²) in [5, 5.41) is 4.10. The molecule has 1 unspecified atom stereocenters. The van der Waals surface area contributed by atoms with Crippen LogP contribution in [-0.2, 0) is 0 Å². The van der Waals surface area contributed by atoms with Crippen molar-refractivity contribution in [2.45, 2.75) is 6.30 Å². The Morgan fingerprint density at radius 3 is 2.50 bits per heavy atom. The van der Waals surface area contributed by atoms with E-state index in [1.54, 1.807) is 42.6 Å². The van der Waals surface area contributed by atoms with E-state index in [1.807, 2.05) is 12.1 Å². The number of nitrogens with zero attached hydrogens (tertiary/aromatic N) is 4. The SMILES string of the molecule is Nc1nc(-c2ccccn2)nn1C(F)c1ccccc1. The molecular formula is C14H12FN5. The van der Waals surface area contributed by atoms with Gasteiger partial charge in [0.15, 0.2) is 0 Å². The molecule has 1 atom stereocenters. The first kappa shape index (κ1) is 12.3. The van der Waals surface area contributed by atoms with Gasteiger partial charge < -0.3 is 5.73 Å². The quantitative estimate of drug-likeness (QED) is 0.792. The van der Waals surface area contributed by atoms with Gasteiger partial charge in [0, 0.05) is 11.8 Å². The molecule has 2 N–H and O–H groups in total. The Bertz CT molecular complexity index is 696. The minimum atomic E-state index is -1.47. The van der Waals surface area contributed by atoms with Crippen molar-refractivity contribution in [2.75, 3.05) is 5.73 Å². The van der Waals surface area contributed by atoms with Crippen LogP contribution in [-0.4, -0.2) is 19.7 Å². The monoisotopic (exact) mass is 269 g/mol. The fourth-order valence-corrected chi connectivity index (χ4v) is 1.86. The van der Waals surface area contributed by atoms with Crippen molar-refractivity contribution in [3.8, 4) is 11.5 Å². The van der Waals surface area contributed by atoms with Gasteiger partial charge in [0.2, 0.25) is 18.1 Å². The van der Waals surface area contributed by atoms with Gasteiger partial charge in [0.1, 0.15) is 5.69 Å². The summed E-state index contributed by atoms with van der Waals surface area (Å²) in [6.45, 7) is 0. The van der Waals surface area contributed by atoms with Crippen LogP contribution in [0.2, 0.25) is 0 Å². The molecule has 0 aliphatic heterocycles. The van der Waals surface area contributed by atoms with Crippen LogP contribution in [0.3, 0.4) is 0 Å². The zero-order valence-electron chi connectivity index (χ0n) is 10.5. The summed E-state index contributed by atoms with van der Waals surface area (Å²) in [5.41, 5.74) is 6.76. The third kappa shape index (κ3) is 2.23. The minimum absolute atomic E-state index is 0.0157. The van der Waals surface area contributed by atoms with Crippen molar-refractivity contribution in [2.24, 2.45) is 0 Å². The van der Waals surface area contributed by atoms with E-state index >= 15 is 0 Å². The van der Waals surface area contributed by atoms with E-state index in [0.717, 1.165) is 4.68 Å². The summed E-state index contributed by atoms with van der Waals surface area (Å²) in [6, 6.07) is 14.0. The highest BCUT2D eigenvalue weighted by Gasteiger charge is 2.18. The molecule has 3 rings (SSSR count). The maximum atomic E-state index is 14.4. The maximum Gasteiger partial charge on any atom is 0.222 e. The molecule has 5 nitrogen and oxygen atoms in total. The average molecular weight is 269 g/mol. The van der Waals surface area contributed by atoms with Crippen LogP contribution >= 0.6 is 0 Å². The molecule has 20 heavy (non-hydrogen) atoms. The standard InChI is InChI=1S/C14H12FN5/c15-12(10-6-2-1-3-7-10)20-14(16)18-13(19-20)11-8-4-5-9-17-11/h1-9,12H,(H2,16,18,19). The van der Waals surface area contributed by atoms with E-state index in [4.69, 9.17) is 5.73 Å². The van der Waals surface area contributed by atoms with Gasteiger partial charge in [-0.15, -0.1) is 5.10 Å². The Morgan fingerprint density at radius 1 is 1.05 bits per heavy atom. The molecule has 0 spiro atoms. The molecular weight excluding hydrogens is 257 g/mol. The van der Waals surface area contributed by atoms with Gasteiger partial charge in [-0.25, -0.2) is 4.39 Å². The van der Waals surface area contributed by atoms with Crippen molar-refractivity contribution in [1.29, 1.82) is 0 Å². The molecule has 0 amide bonds. The van der Waals surface area contributed by atoms with E-state index in [2.05, 4.69) is 15.1 Å². The van der Waals surface area contributed by atoms with Crippen LogP contribution in [0.4, 0.5) is 10.3 Å². The predicted octanol–water partition coefficient (Wildman–Crippen LogP) is 2.44. The van der Waals surface area contributed by atoms with Gasteiger partial charge in [0.25, 0.3) is 0 Å². The van der Waals surface area contributed by atoms with Gasteiger partial charge in [0.05, 0.1) is 0 Å². The lowest BCUT2D eigenvalue weighted by Gasteiger charge is -2.09. The topological polar surface area (TPSA) is 69.6 Å². The number of pyridine rings is 1. The largest absolute Gasteiger partial charge is 0.368 e. The van der Waals surface area contributed by atoms with Crippen LogP contribution in [0, 0.1) is 0 Å². The molecule has 100 valence electrons. The second-order valence-corrected chi connectivity index (χ2v) is 4.20. The van der Waals surface area contributed by atoms with Crippen molar-refractivity contribution in [1.82, 2.24) is 19.7 Å². The first-order valence-electron chi connectivity index (χ1n) is 6.08. The predicted molar refractivity (Wildman–Crippen MR) is 73.4 cm³/mol. The van der Waals surface area contributed by atoms with Gasteiger partial charge >= 0.3 is 0 Å². The van der Waals surface area contributed by atoms with Crippen LogP contribution in [0.1, 0.15) is 11.9 Å². The Morgan fingerprint density at radius 2 is 1.80 bits per heavy atom. The number of hydrogen-bond acceptors (Lipinski definition) is 4. The number of aromatic nitrogens is 4. The fourth-order valence-electron chi connectivity index (χ4n) is 1.86. The molecule has 6 heteroatoms. The molecule has 0 aliphatic carbocycles. The Hall–Kier alpha value is -2.76. The summed E-state index contributed by atoms with van der Waals surface area (Å²) < 4.78 is 15.5. The zero-order chi connectivity index (χ0) is 13.9. The third-order valence-corrected chi connectivity index (χ3v) is 2.84. The second kappa shape index (κ2) is 5.08. The van der Waals surface area contributed by atoms with Crippen LogP contribution in [0.5, 0.6) is 0 Å². The van der Waals surface area contributed by atoms with Crippen molar-refractivity contribution >= 4 is 5.95 Å². The molecule has 0 bridgehead atoms. The molecule has 0 saturated heterocycles. The molecule has 0 radical (unpaired) electrons. The Kier molecular flexibility index (Phi) is 3.12. The number of alkyl halides is 1. The summed E-state index contributed by atoms with van der Waals surface area (Å²) >= 11 is 0. The molecule has 2 aromatic heterocycles. The Balaban J connectivity index is 1.98. The van der Waals surface area contributed by atoms with Crippen molar-refractivity contribution in [3.63, 3.8) is 0 Å². The normalized spacial score (nSPS) is 12.2. The number of benzene rings is 1. The lowest BCUT2D eigenvalue weighted by Crippen LogP contribution is -2.10. The van der Waals surface area contributed by atoms with E-state index < -0.39 is 6.30 Å². The number of halogens is 1. The fraction of sp³-hybridized carbons (Fsp3) is 0.0714. The highest BCUT2D eigenvalue weighted by molar-refractivity contribution is 5.50. The highest BCUT2D eigenvalue weighted by Crippen LogP contribution is 2.23. The second-order valence-electron chi connectivity index (χ2n) is 4.20. The number of anilines is 1. The van der Waals surface area contributed by atoms with Crippen LogP contribution in [0.15, 0.2) is 54.7 Å². The average Bonchev–Trinajstić information content (AvgIpc) is 2.90. The molecule has 0 fully saturated rings. The maximum absolute atomic E-state index is 14.4. The number of rotatable bonds is 3. The minimum Gasteiger partial charge on any atom is -0.368 e. The zero-order valence-corrected chi connectivity index (χ0v) is 10.5. The summed E-state index contributed by atoms with van der Waals surface area (Å²) in [7, 11) is 0. The lowest BCUT2D eigenvalue weighted by molar-refractivity contribution is 0.275. The number of nitrogens with two attached hydrogens (primary N) is 1. The summed E-state index contributed by atoms with van der Waals surface area (Å²) in [5.74, 6) is 0.323. The van der Waals surface area contributed by atoms with Crippen LogP contribution < -0.4 is 5.73 Å². The third-order valence-electron chi connectivity index (χ3n) is 2.84. The Labute approximate surface area is 114 Å². The smallest absolute Gasteiger partial charge is 0.222 e. The molecule has 0 aliphatic rings. The van der Waals surface area contributed by atoms with Gasteiger partial charge in [-0.1, -0.05) is 36.4 Å². The number of hydrogen-bond donors (Lipinski definition) is 1. The molecule has 1 aromatic carbocycles. The van der Waals surface area contributed by atoms with E-state index in [9.17, 15) is 4.39 Å². The number of nitrogen functional groups attached to an aromatic ring is 1. The van der Waals surface area contributed by atoms with Gasteiger partial charge in [-0.3, -0.25) is 4.98 Å². The van der Waals surface area contributed by atoms with Crippen molar-refractivity contribution in [3.05, 3.63) is 60.3 Å². The molecule has 0 saturated carbocycles. The highest BCUT2D eigenvalue weighted by atomic mass is 19.1. The van der Waals surface area contributed by atoms with Crippen LogP contribution in [0.25, 0.3) is 11.5 Å². The summed E-state index contributed by atoms with van der Waals surface area (Å²) in [4.78, 5) is 8.17. The first-order chi connectivity index (χ1) is 9.75. The van der Waals surface area contributed by atoms with E-state index in [1.165, 1.54) is 0 Å². The first-order valence-corrected chi connectivity index (χ1v) is 6.08. The van der Waals surface area contributed by atoms with Gasteiger partial charge in [-0.05, 0) is 12.1 Å². The van der Waals surface area contributed by atoms with E-state index in [-0.39, 0.29) is 5.95 Å². The van der Waals surface area contributed by atoms with Gasteiger partial charge in [-0.2, -0.15) is 9.67 Å². The summed E-state index contributed by atoms with van der Waals surface area (Å²) in [6.07, 6.45) is 0.150. The molecule has 2 heterocycles.